The van der Waals surface area contributed by atoms with Gasteiger partial charge in [-0.05, 0) is 12.2 Å². The van der Waals surface area contributed by atoms with Crippen molar-refractivity contribution >= 4 is 10.3 Å². The zero-order chi connectivity index (χ0) is 12.4. The lowest BCUT2D eigenvalue weighted by atomic mass is 10.2. The van der Waals surface area contributed by atoms with Crippen molar-refractivity contribution in [2.45, 2.75) is 6.54 Å². The monoisotopic (exact) mass is 251 g/mol. The molecular weight excluding hydrogens is 238 g/mol. The molecule has 2 rings (SSSR count). The summed E-state index contributed by atoms with van der Waals surface area (Å²) in [4.78, 5) is 0. The van der Waals surface area contributed by atoms with E-state index in [2.05, 4.69) is 0 Å². The summed E-state index contributed by atoms with van der Waals surface area (Å²) in [7, 11) is -4.44. The molecule has 0 N–H and O–H groups in total. The topological polar surface area (TPSA) is 57.2 Å². The highest BCUT2D eigenvalue weighted by molar-refractivity contribution is 7.80. The second kappa shape index (κ2) is 4.44. The van der Waals surface area contributed by atoms with Crippen LogP contribution in [-0.2, 0) is 16.8 Å². The smallest absolute Gasteiger partial charge is 0.259 e. The van der Waals surface area contributed by atoms with Gasteiger partial charge in [-0.1, -0.05) is 36.4 Å². The summed E-state index contributed by atoms with van der Waals surface area (Å²) in [5, 5.41) is 0. The molecule has 0 spiro atoms. The van der Waals surface area contributed by atoms with E-state index in [4.69, 9.17) is 0 Å². The number of allylic oxidation sites excluding steroid dienone is 2. The molecular formula is C12H13NO3S. The normalized spacial score (nSPS) is 23.8. The molecule has 0 aromatic heterocycles. The van der Waals surface area contributed by atoms with Crippen molar-refractivity contribution in [3.63, 3.8) is 0 Å². The molecule has 0 radical (unpaired) electrons. The van der Waals surface area contributed by atoms with Gasteiger partial charge in [-0.25, -0.2) is 0 Å². The van der Waals surface area contributed by atoms with E-state index in [0.717, 1.165) is 5.56 Å². The van der Waals surface area contributed by atoms with Crippen LogP contribution in [0, 0.1) is 0 Å². The van der Waals surface area contributed by atoms with E-state index in [0.29, 0.717) is 0 Å². The van der Waals surface area contributed by atoms with Crippen LogP contribution in [0.1, 0.15) is 5.56 Å². The zero-order valence-electron chi connectivity index (χ0n) is 9.19. The molecule has 0 saturated heterocycles. The maximum atomic E-state index is 11.4. The fourth-order valence-corrected chi connectivity index (χ4v) is 2.64. The summed E-state index contributed by atoms with van der Waals surface area (Å²) in [6, 6.07) is 9.14. The van der Waals surface area contributed by atoms with Gasteiger partial charge in [-0.15, -0.1) is 0 Å². The van der Waals surface area contributed by atoms with Crippen LogP contribution in [0.2, 0.25) is 0 Å². The SMILES string of the molecule is O=S(=O)([O-])[N+]1(Cc2ccccc2)C=CC=CC1. The van der Waals surface area contributed by atoms with Crippen LogP contribution in [0.4, 0.5) is 0 Å². The third-order valence-electron chi connectivity index (χ3n) is 2.76. The van der Waals surface area contributed by atoms with Crippen molar-refractivity contribution in [3.8, 4) is 0 Å². The minimum Gasteiger partial charge on any atom is -0.701 e. The molecule has 0 bridgehead atoms. The van der Waals surface area contributed by atoms with E-state index in [-0.39, 0.29) is 13.1 Å². The Bertz CT molecular complexity index is 548. The van der Waals surface area contributed by atoms with Crippen LogP contribution in [0.15, 0.2) is 54.8 Å². The van der Waals surface area contributed by atoms with E-state index >= 15 is 0 Å². The van der Waals surface area contributed by atoms with E-state index in [9.17, 15) is 13.0 Å². The Morgan fingerprint density at radius 2 is 1.88 bits per heavy atom. The fourth-order valence-electron chi connectivity index (χ4n) is 1.84. The highest BCUT2D eigenvalue weighted by atomic mass is 32.2. The number of quaternary nitrogens is 1. The first-order chi connectivity index (χ1) is 8.04. The number of hydrogen-bond acceptors (Lipinski definition) is 3. The molecule has 1 aromatic rings. The maximum absolute atomic E-state index is 11.4. The first kappa shape index (κ1) is 12.0. The van der Waals surface area contributed by atoms with Gasteiger partial charge < -0.3 is 4.55 Å². The van der Waals surface area contributed by atoms with E-state index in [1.54, 1.807) is 18.2 Å². The molecule has 1 heterocycles. The summed E-state index contributed by atoms with van der Waals surface area (Å²) in [6.07, 6.45) is 6.47. The molecule has 1 aliphatic rings. The molecule has 1 aliphatic heterocycles. The van der Waals surface area contributed by atoms with E-state index < -0.39 is 14.2 Å². The average Bonchev–Trinajstić information content (AvgIpc) is 2.30. The lowest BCUT2D eigenvalue weighted by Crippen LogP contribution is -2.47. The molecule has 0 amide bonds. The van der Waals surface area contributed by atoms with Gasteiger partial charge in [0, 0.05) is 5.56 Å². The summed E-state index contributed by atoms with van der Waals surface area (Å²) < 4.78 is 33.7. The van der Waals surface area contributed by atoms with Gasteiger partial charge in [-0.3, -0.25) is 0 Å². The summed E-state index contributed by atoms with van der Waals surface area (Å²) in [6.45, 7) is 0.338. The van der Waals surface area contributed by atoms with Crippen molar-refractivity contribution in [1.82, 2.24) is 0 Å². The van der Waals surface area contributed by atoms with Crippen molar-refractivity contribution in [3.05, 3.63) is 60.3 Å². The van der Waals surface area contributed by atoms with Crippen LogP contribution >= 0.6 is 0 Å². The number of nitrogens with zero attached hydrogens (tertiary/aromatic N) is 1. The predicted molar refractivity (Wildman–Crippen MR) is 63.3 cm³/mol. The summed E-state index contributed by atoms with van der Waals surface area (Å²) in [5.74, 6) is 0. The van der Waals surface area contributed by atoms with Crippen LogP contribution in [0.25, 0.3) is 0 Å². The molecule has 1 aromatic carbocycles. The van der Waals surface area contributed by atoms with Crippen molar-refractivity contribution < 1.29 is 16.9 Å². The Kier molecular flexibility index (Phi) is 3.15. The lowest BCUT2D eigenvalue weighted by molar-refractivity contribution is -0.765. The average molecular weight is 251 g/mol. The minimum absolute atomic E-state index is 0.160. The first-order valence-electron chi connectivity index (χ1n) is 5.25. The summed E-state index contributed by atoms with van der Waals surface area (Å²) in [5.41, 5.74) is 0.826. The Morgan fingerprint density at radius 3 is 2.41 bits per heavy atom. The Hall–Kier alpha value is -1.43. The van der Waals surface area contributed by atoms with Crippen LogP contribution in [0.5, 0.6) is 0 Å². The number of benzene rings is 1. The summed E-state index contributed by atoms with van der Waals surface area (Å²) >= 11 is 0. The molecule has 0 saturated carbocycles. The van der Waals surface area contributed by atoms with Crippen LogP contribution in [0.3, 0.4) is 0 Å². The van der Waals surface area contributed by atoms with E-state index in [1.807, 2.05) is 30.3 Å². The molecule has 4 nitrogen and oxygen atoms in total. The fraction of sp³-hybridized carbons (Fsp3) is 0.167. The highest BCUT2D eigenvalue weighted by Crippen LogP contribution is 2.23. The molecule has 1 atom stereocenters. The van der Waals surface area contributed by atoms with Crippen molar-refractivity contribution in [1.29, 1.82) is 0 Å². The third kappa shape index (κ3) is 2.46. The van der Waals surface area contributed by atoms with Gasteiger partial charge in [-0.2, -0.15) is 12.3 Å². The third-order valence-corrected chi connectivity index (χ3v) is 4.05. The maximum Gasteiger partial charge on any atom is 0.259 e. The zero-order valence-corrected chi connectivity index (χ0v) is 10.0. The Balaban J connectivity index is 2.37. The van der Waals surface area contributed by atoms with Gasteiger partial charge in [0.25, 0.3) is 10.3 Å². The van der Waals surface area contributed by atoms with Crippen LogP contribution in [-0.4, -0.2) is 23.4 Å². The highest BCUT2D eigenvalue weighted by Gasteiger charge is 2.32. The molecule has 1 unspecified atom stereocenters. The molecule has 17 heavy (non-hydrogen) atoms. The van der Waals surface area contributed by atoms with Crippen molar-refractivity contribution in [2.75, 3.05) is 6.54 Å². The van der Waals surface area contributed by atoms with Gasteiger partial charge in [0.1, 0.15) is 19.3 Å². The molecule has 0 fully saturated rings. The minimum atomic E-state index is -4.44. The number of rotatable bonds is 3. The lowest BCUT2D eigenvalue weighted by Gasteiger charge is -2.35. The van der Waals surface area contributed by atoms with Crippen molar-refractivity contribution in [2.24, 2.45) is 0 Å². The first-order valence-corrected chi connectivity index (χ1v) is 6.61. The van der Waals surface area contributed by atoms with Gasteiger partial charge in [0.15, 0.2) is 0 Å². The molecule has 0 aliphatic carbocycles. The second-order valence-electron chi connectivity index (χ2n) is 3.98. The largest absolute Gasteiger partial charge is 0.701 e. The number of hydrogen-bond donors (Lipinski definition) is 0. The Labute approximate surface area is 101 Å². The Morgan fingerprint density at radius 1 is 1.18 bits per heavy atom. The van der Waals surface area contributed by atoms with Gasteiger partial charge in [0.2, 0.25) is 0 Å². The second-order valence-corrected chi connectivity index (χ2v) is 5.56. The van der Waals surface area contributed by atoms with Gasteiger partial charge >= 0.3 is 0 Å². The predicted octanol–water partition coefficient (Wildman–Crippen LogP) is 1.55. The molecule has 90 valence electrons. The standard InChI is InChI=1S/C12H13NO3S/c14-17(15,16)13(9-5-2-6-10-13)11-12-7-3-1-4-8-12/h1-9H,10-11H2. The van der Waals surface area contributed by atoms with Gasteiger partial charge in [0.05, 0.1) is 0 Å². The van der Waals surface area contributed by atoms with E-state index in [1.165, 1.54) is 6.20 Å². The molecule has 5 heteroatoms. The quantitative estimate of drug-likeness (QED) is 0.605. The van der Waals surface area contributed by atoms with Crippen LogP contribution < -0.4 is 0 Å².